The fraction of sp³-hybridized carbons (Fsp3) is 0.905. The average molecular weight is 829 g/mol. The molecule has 0 aliphatic carbocycles. The second-order valence-electron chi connectivity index (χ2n) is 15.4. The molecule has 0 bridgehead atoms. The third kappa shape index (κ3) is 36.1. The van der Waals surface area contributed by atoms with Gasteiger partial charge in [-0.3, -0.25) is 23.7 Å². The van der Waals surface area contributed by atoms with Crippen LogP contribution >= 0.6 is 7.82 Å². The van der Waals surface area contributed by atoms with Crippen LogP contribution in [0.2, 0.25) is 0 Å². The van der Waals surface area contributed by atoms with Gasteiger partial charge < -0.3 is 32.9 Å². The molecule has 0 rings (SSSR count). The van der Waals surface area contributed by atoms with Crippen LogP contribution in [0.1, 0.15) is 196 Å². The molecule has 2 unspecified atom stereocenters. The van der Waals surface area contributed by atoms with E-state index in [-0.39, 0.29) is 49.0 Å². The van der Waals surface area contributed by atoms with Crippen molar-refractivity contribution >= 4 is 31.7 Å². The molecule has 56 heavy (non-hydrogen) atoms. The van der Waals surface area contributed by atoms with Crippen molar-refractivity contribution in [2.75, 3.05) is 26.4 Å². The summed E-state index contributed by atoms with van der Waals surface area (Å²) in [6, 6.07) is 0. The van der Waals surface area contributed by atoms with Gasteiger partial charge in [0, 0.05) is 12.8 Å². The van der Waals surface area contributed by atoms with E-state index in [4.69, 9.17) is 28.0 Å². The van der Waals surface area contributed by atoms with Crippen LogP contribution in [0, 0.1) is 11.8 Å². The molecule has 0 aromatic rings. The predicted molar refractivity (Wildman–Crippen MR) is 213 cm³/mol. The van der Waals surface area contributed by atoms with Crippen molar-refractivity contribution in [3.05, 3.63) is 0 Å². The fourth-order valence-corrected chi connectivity index (χ4v) is 6.40. The summed E-state index contributed by atoms with van der Waals surface area (Å²) in [5.74, 6) is -3.15. The molecule has 0 fully saturated rings. The normalized spacial score (nSPS) is 13.4. The molecule has 0 saturated carbocycles. The van der Waals surface area contributed by atoms with Crippen LogP contribution in [0.25, 0.3) is 0 Å². The summed E-state index contributed by atoms with van der Waals surface area (Å²) in [5.41, 5.74) is 0. The summed E-state index contributed by atoms with van der Waals surface area (Å²) < 4.78 is 44.0. The van der Waals surface area contributed by atoms with E-state index in [2.05, 4.69) is 13.8 Å². The van der Waals surface area contributed by atoms with Crippen LogP contribution in [0.4, 0.5) is 0 Å². The molecule has 0 aliphatic heterocycles. The van der Waals surface area contributed by atoms with E-state index in [1.54, 1.807) is 27.7 Å². The first-order valence-electron chi connectivity index (χ1n) is 21.6. The molecule has 0 aromatic heterocycles. The second-order valence-corrected chi connectivity index (χ2v) is 16.8. The van der Waals surface area contributed by atoms with Gasteiger partial charge >= 0.3 is 53.4 Å². The van der Waals surface area contributed by atoms with E-state index >= 15 is 0 Å². The molecule has 0 aromatic carbocycles. The van der Waals surface area contributed by atoms with E-state index in [1.165, 1.54) is 89.9 Å². The molecule has 14 heteroatoms. The summed E-state index contributed by atoms with van der Waals surface area (Å²) in [4.78, 5) is 62.1. The molecule has 12 nitrogen and oxygen atoms in total. The summed E-state index contributed by atoms with van der Waals surface area (Å²) >= 11 is 0. The molecule has 3 atom stereocenters. The van der Waals surface area contributed by atoms with Gasteiger partial charge in [0.05, 0.1) is 25.0 Å². The molecular formula is C42H78NaO12P. The quantitative estimate of drug-likeness (QED) is 0.0204. The van der Waals surface area contributed by atoms with Crippen molar-refractivity contribution in [3.63, 3.8) is 0 Å². The van der Waals surface area contributed by atoms with Gasteiger partial charge in [-0.15, -0.1) is 0 Å². The number of carbonyl (C=O) groups is 4. The van der Waals surface area contributed by atoms with E-state index in [1.807, 2.05) is 0 Å². The largest absolute Gasteiger partial charge is 1.00 e. The van der Waals surface area contributed by atoms with Gasteiger partial charge in [0.25, 0.3) is 7.82 Å². The van der Waals surface area contributed by atoms with E-state index in [9.17, 15) is 28.6 Å². The predicted octanol–water partition coefficient (Wildman–Crippen LogP) is 7.12. The first-order chi connectivity index (χ1) is 26.3. The van der Waals surface area contributed by atoms with Crippen molar-refractivity contribution < 1.29 is 86.2 Å². The average Bonchev–Trinajstić information content (AvgIpc) is 3.14. The Morgan fingerprint density at radius 1 is 0.464 bits per heavy atom. The number of phosphoric ester groups is 1. The zero-order valence-electron chi connectivity index (χ0n) is 36.5. The second kappa shape index (κ2) is 38.2. The number of carbonyl (C=O) groups excluding carboxylic acids is 4. The number of unbranched alkanes of at least 4 members (excludes halogenated alkanes) is 20. The Hall–Kier alpha value is -1.01. The molecule has 0 heterocycles. The molecule has 0 amide bonds. The smallest absolute Gasteiger partial charge is 0.756 e. The Bertz CT molecular complexity index is 1040. The minimum absolute atomic E-state index is 0. The molecule has 0 radical (unpaired) electrons. The number of ether oxygens (including phenoxy) is 4. The van der Waals surface area contributed by atoms with Crippen molar-refractivity contribution in [2.24, 2.45) is 11.8 Å². The number of hydrogen-bond acceptors (Lipinski definition) is 12. The van der Waals surface area contributed by atoms with Crippen LogP contribution in [-0.4, -0.2) is 62.5 Å². The maximum absolute atomic E-state index is 12.7. The van der Waals surface area contributed by atoms with Crippen LogP contribution in [0.5, 0.6) is 0 Å². The number of rotatable bonds is 38. The van der Waals surface area contributed by atoms with Gasteiger partial charge in [0.2, 0.25) is 0 Å². The minimum atomic E-state index is -5.03. The summed E-state index contributed by atoms with van der Waals surface area (Å²) in [7, 11) is -5.03. The van der Waals surface area contributed by atoms with Crippen molar-refractivity contribution in [1.29, 1.82) is 0 Å². The zero-order valence-corrected chi connectivity index (χ0v) is 39.3. The monoisotopic (exact) mass is 829 g/mol. The standard InChI is InChI=1S/C42H79O12P.Na/c1-7-9-11-13-15-17-19-21-23-25-27-29-39(43)49-31-37(53-40(44)30-28-26-24-22-20-18-16-14-12-10-8-2)33-51-55(47,48)52-34-38(54-42(46)36(5)6)32-50-41(45)35(3)4;/h35-38H,7-34H2,1-6H3,(H,47,48);/q;+1/p-1/t37-,38?;/m1./s1. The Labute approximate surface area is 362 Å². The van der Waals surface area contributed by atoms with Crippen LogP contribution < -0.4 is 34.5 Å². The maximum atomic E-state index is 12.7. The van der Waals surface area contributed by atoms with Gasteiger partial charge in [0.15, 0.2) is 12.2 Å². The first-order valence-corrected chi connectivity index (χ1v) is 23.1. The van der Waals surface area contributed by atoms with Crippen molar-refractivity contribution in [3.8, 4) is 0 Å². The van der Waals surface area contributed by atoms with Gasteiger partial charge in [-0.1, -0.05) is 170 Å². The van der Waals surface area contributed by atoms with E-state index < -0.39 is 75.6 Å². The Kier molecular flexibility index (Phi) is 38.9. The number of phosphoric acid groups is 1. The van der Waals surface area contributed by atoms with Gasteiger partial charge in [-0.05, 0) is 12.8 Å². The zero-order chi connectivity index (χ0) is 41.2. The molecule has 324 valence electrons. The number of hydrogen-bond donors (Lipinski definition) is 0. The molecule has 0 aliphatic rings. The van der Waals surface area contributed by atoms with Crippen molar-refractivity contribution in [1.82, 2.24) is 0 Å². The Balaban J connectivity index is 0. The van der Waals surface area contributed by atoms with Gasteiger partial charge in [-0.25, -0.2) is 0 Å². The Morgan fingerprint density at radius 3 is 1.20 bits per heavy atom. The molecule has 0 spiro atoms. The topological polar surface area (TPSA) is 164 Å². The first kappa shape index (κ1) is 57.1. The Morgan fingerprint density at radius 2 is 0.804 bits per heavy atom. The van der Waals surface area contributed by atoms with Crippen molar-refractivity contribution in [2.45, 2.75) is 208 Å². The summed E-state index contributed by atoms with van der Waals surface area (Å²) in [6.45, 7) is 8.80. The molecule has 0 N–H and O–H groups in total. The molecule has 0 saturated heterocycles. The number of esters is 4. The van der Waals surface area contributed by atoms with E-state index in [0.29, 0.717) is 12.8 Å². The van der Waals surface area contributed by atoms with Gasteiger partial charge in [0.1, 0.15) is 13.2 Å². The summed E-state index contributed by atoms with van der Waals surface area (Å²) in [6.07, 6.45) is 23.1. The van der Waals surface area contributed by atoms with Crippen LogP contribution in [0.15, 0.2) is 0 Å². The fourth-order valence-electron chi connectivity index (χ4n) is 5.63. The minimum Gasteiger partial charge on any atom is -0.756 e. The maximum Gasteiger partial charge on any atom is 1.00 e. The van der Waals surface area contributed by atoms with Crippen LogP contribution in [-0.2, 0) is 51.7 Å². The van der Waals surface area contributed by atoms with Crippen LogP contribution in [0.3, 0.4) is 0 Å². The molecular weight excluding hydrogens is 750 g/mol. The third-order valence-corrected chi connectivity index (χ3v) is 10.1. The third-order valence-electron chi connectivity index (χ3n) is 9.17. The van der Waals surface area contributed by atoms with Gasteiger partial charge in [-0.2, -0.15) is 0 Å². The van der Waals surface area contributed by atoms with E-state index in [0.717, 1.165) is 38.5 Å². The summed E-state index contributed by atoms with van der Waals surface area (Å²) in [5, 5.41) is 0. The SMILES string of the molecule is CCCCCCCCCCCCCC(=O)OC[C@H](COP(=O)([O-])OCC(COC(=O)C(C)C)OC(=O)C(C)C)OC(=O)CCCCCCCCCCCCC.[Na+].